The van der Waals surface area contributed by atoms with Crippen molar-refractivity contribution in [1.82, 2.24) is 0 Å². The van der Waals surface area contributed by atoms with Gasteiger partial charge >= 0.3 is 0 Å². The lowest BCUT2D eigenvalue weighted by molar-refractivity contribution is -0.277. The molecule has 0 bridgehead atoms. The summed E-state index contributed by atoms with van der Waals surface area (Å²) in [6.45, 7) is -0.650. The largest absolute Gasteiger partial charge is 0.504 e. The van der Waals surface area contributed by atoms with Crippen molar-refractivity contribution in [2.75, 3.05) is 27.9 Å². The predicted molar refractivity (Wildman–Crippen MR) is 125 cm³/mol. The minimum absolute atomic E-state index is 0.0444. The van der Waals surface area contributed by atoms with Crippen molar-refractivity contribution >= 4 is 11.0 Å². The molecule has 3 aromatic rings. The average Bonchev–Trinajstić information content (AvgIpc) is 2.89. The molecule has 5 atom stereocenters. The maximum absolute atomic E-state index is 13.2. The van der Waals surface area contributed by atoms with Gasteiger partial charge < -0.3 is 58.7 Å². The van der Waals surface area contributed by atoms with Gasteiger partial charge in [0.25, 0.3) is 0 Å². The van der Waals surface area contributed by atoms with Gasteiger partial charge in [-0.3, -0.25) is 4.79 Å². The van der Waals surface area contributed by atoms with Gasteiger partial charge in [0.05, 0.1) is 27.9 Å². The molecular formula is C24H26O13. The van der Waals surface area contributed by atoms with Crippen LogP contribution < -0.4 is 24.4 Å². The number of benzene rings is 2. The zero-order chi connectivity index (χ0) is 27.0. The second-order valence-electron chi connectivity index (χ2n) is 8.13. The third-order valence-corrected chi connectivity index (χ3v) is 5.98. The van der Waals surface area contributed by atoms with Crippen LogP contribution in [-0.4, -0.2) is 89.3 Å². The Labute approximate surface area is 209 Å². The van der Waals surface area contributed by atoms with Crippen molar-refractivity contribution in [3.63, 3.8) is 0 Å². The fourth-order valence-corrected chi connectivity index (χ4v) is 4.05. The number of aliphatic hydroxyl groups excluding tert-OH is 4. The van der Waals surface area contributed by atoms with E-state index >= 15 is 0 Å². The normalized spacial score (nSPS) is 23.6. The molecule has 200 valence electrons. The highest BCUT2D eigenvalue weighted by Crippen LogP contribution is 2.44. The first kappa shape index (κ1) is 26.3. The highest BCUT2D eigenvalue weighted by atomic mass is 16.7. The Morgan fingerprint density at radius 2 is 1.59 bits per heavy atom. The van der Waals surface area contributed by atoms with Crippen molar-refractivity contribution in [1.29, 1.82) is 0 Å². The molecule has 0 radical (unpaired) electrons. The van der Waals surface area contributed by atoms with Crippen LogP contribution in [0.4, 0.5) is 0 Å². The molecule has 37 heavy (non-hydrogen) atoms. The van der Waals surface area contributed by atoms with Crippen molar-refractivity contribution < 1.29 is 58.7 Å². The smallest absolute Gasteiger partial charge is 0.239 e. The predicted octanol–water partition coefficient (Wildman–Crippen LogP) is 0.0757. The van der Waals surface area contributed by atoms with Gasteiger partial charge in [0.1, 0.15) is 35.4 Å². The molecule has 0 amide bonds. The van der Waals surface area contributed by atoms with Gasteiger partial charge in [-0.25, -0.2) is 0 Å². The molecule has 4 rings (SSSR count). The summed E-state index contributed by atoms with van der Waals surface area (Å²) in [5.41, 5.74) is -0.570. The van der Waals surface area contributed by atoms with E-state index in [1.54, 1.807) is 0 Å². The van der Waals surface area contributed by atoms with Gasteiger partial charge in [-0.05, 0) is 18.2 Å². The number of phenolic OH excluding ortho intramolecular Hbond substituents is 2. The van der Waals surface area contributed by atoms with E-state index in [4.69, 9.17) is 28.1 Å². The molecule has 2 heterocycles. The van der Waals surface area contributed by atoms with Crippen LogP contribution in [0.2, 0.25) is 0 Å². The maximum Gasteiger partial charge on any atom is 0.239 e. The molecule has 0 spiro atoms. The number of hydrogen-bond acceptors (Lipinski definition) is 13. The maximum atomic E-state index is 13.2. The first-order valence-electron chi connectivity index (χ1n) is 11.0. The van der Waals surface area contributed by atoms with E-state index in [9.17, 15) is 35.4 Å². The number of hydrogen-bond donors (Lipinski definition) is 6. The topological polar surface area (TPSA) is 198 Å². The van der Waals surface area contributed by atoms with Crippen molar-refractivity contribution in [2.45, 2.75) is 30.7 Å². The van der Waals surface area contributed by atoms with Crippen molar-refractivity contribution in [2.24, 2.45) is 0 Å². The molecule has 2 aromatic carbocycles. The summed E-state index contributed by atoms with van der Waals surface area (Å²) in [4.78, 5) is 13.2. The minimum atomic E-state index is -1.69. The number of rotatable bonds is 7. The van der Waals surface area contributed by atoms with Gasteiger partial charge in [0.2, 0.25) is 23.2 Å². The number of aromatic hydroxyl groups is 2. The Bertz CT molecular complexity index is 1350. The summed E-state index contributed by atoms with van der Waals surface area (Å²) in [5, 5.41) is 60.3. The van der Waals surface area contributed by atoms with E-state index in [1.807, 2.05) is 0 Å². The molecular weight excluding hydrogens is 496 g/mol. The Morgan fingerprint density at radius 1 is 0.892 bits per heavy atom. The second kappa shape index (κ2) is 10.3. The summed E-state index contributed by atoms with van der Waals surface area (Å²) in [7, 11) is 3.88. The molecule has 1 saturated heterocycles. The second-order valence-corrected chi connectivity index (χ2v) is 8.13. The number of fused-ring (bicyclic) bond motifs is 1. The number of methoxy groups -OCH3 is 3. The summed E-state index contributed by atoms with van der Waals surface area (Å²) >= 11 is 0. The SMILES string of the molecule is COc1cc2oc(-c3ccc(O[C@H]4O[C@@H](CO)[C@H](O)[C@H](O)[C@@H]4O)c(O)c3)c(OC)c(=O)c2c(O)c1OC. The van der Waals surface area contributed by atoms with E-state index in [0.29, 0.717) is 0 Å². The number of aliphatic hydroxyl groups is 4. The fraction of sp³-hybridized carbons (Fsp3) is 0.375. The van der Waals surface area contributed by atoms with Gasteiger partial charge in [0.15, 0.2) is 28.8 Å². The van der Waals surface area contributed by atoms with Crippen molar-refractivity contribution in [3.8, 4) is 45.8 Å². The zero-order valence-electron chi connectivity index (χ0n) is 19.9. The Morgan fingerprint density at radius 3 is 2.19 bits per heavy atom. The first-order chi connectivity index (χ1) is 17.7. The van der Waals surface area contributed by atoms with Crippen LogP contribution in [0.1, 0.15) is 0 Å². The van der Waals surface area contributed by atoms with Crippen LogP contribution in [0.25, 0.3) is 22.3 Å². The summed E-state index contributed by atoms with van der Waals surface area (Å²) in [5.74, 6) is -1.45. The van der Waals surface area contributed by atoms with Gasteiger partial charge in [-0.1, -0.05) is 0 Å². The zero-order valence-corrected chi connectivity index (χ0v) is 19.9. The van der Waals surface area contributed by atoms with Crippen LogP contribution >= 0.6 is 0 Å². The van der Waals surface area contributed by atoms with Crippen LogP contribution in [-0.2, 0) is 4.74 Å². The van der Waals surface area contributed by atoms with Gasteiger partial charge in [-0.15, -0.1) is 0 Å². The number of ether oxygens (including phenoxy) is 5. The first-order valence-corrected chi connectivity index (χ1v) is 11.0. The summed E-state index contributed by atoms with van der Waals surface area (Å²) in [6.07, 6.45) is -7.65. The molecule has 13 nitrogen and oxygen atoms in total. The Kier molecular flexibility index (Phi) is 7.34. The van der Waals surface area contributed by atoms with Crippen LogP contribution in [0.5, 0.6) is 34.5 Å². The molecule has 1 aromatic heterocycles. The molecule has 1 aliphatic heterocycles. The fourth-order valence-electron chi connectivity index (χ4n) is 4.05. The number of phenols is 2. The summed E-state index contributed by atoms with van der Waals surface area (Å²) < 4.78 is 32.2. The third-order valence-electron chi connectivity index (χ3n) is 5.98. The molecule has 0 unspecified atom stereocenters. The van der Waals surface area contributed by atoms with Gasteiger partial charge in [-0.2, -0.15) is 0 Å². The highest BCUT2D eigenvalue weighted by Gasteiger charge is 2.45. The molecule has 0 aliphatic carbocycles. The Balaban J connectivity index is 1.75. The lowest BCUT2D eigenvalue weighted by Gasteiger charge is -2.39. The minimum Gasteiger partial charge on any atom is -0.504 e. The van der Waals surface area contributed by atoms with Crippen molar-refractivity contribution in [3.05, 3.63) is 34.5 Å². The summed E-state index contributed by atoms with van der Waals surface area (Å²) in [6, 6.07) is 5.23. The third kappa shape index (κ3) is 4.47. The molecule has 13 heteroatoms. The quantitative estimate of drug-likeness (QED) is 0.244. The average molecular weight is 522 g/mol. The molecule has 1 aliphatic rings. The van der Waals surface area contributed by atoms with E-state index in [2.05, 4.69) is 0 Å². The van der Waals surface area contributed by atoms with E-state index in [-0.39, 0.29) is 45.3 Å². The van der Waals surface area contributed by atoms with E-state index in [0.717, 1.165) is 0 Å². The van der Waals surface area contributed by atoms with Gasteiger partial charge in [0, 0.05) is 11.6 Å². The van der Waals surface area contributed by atoms with Crippen LogP contribution in [0.15, 0.2) is 33.5 Å². The van der Waals surface area contributed by atoms with E-state index in [1.165, 1.54) is 45.6 Å². The standard InChI is InChI=1S/C24H26O13/c1-32-13-7-12-15(17(28)22(13)33-2)18(29)23(34-3)21(35-12)9-4-5-11(10(26)6-9)36-24-20(31)19(30)16(27)14(8-25)37-24/h4-7,14,16,19-20,24-28,30-31H,8H2,1-3H3/t14-,16-,19-,20-,24-/m0/s1. The van der Waals surface area contributed by atoms with Crippen LogP contribution in [0.3, 0.4) is 0 Å². The molecule has 6 N–H and O–H groups in total. The highest BCUT2D eigenvalue weighted by molar-refractivity contribution is 5.91. The molecule has 0 saturated carbocycles. The lowest BCUT2D eigenvalue weighted by Crippen LogP contribution is -2.60. The van der Waals surface area contributed by atoms with E-state index < -0.39 is 54.2 Å². The lowest BCUT2D eigenvalue weighted by atomic mass is 9.99. The monoisotopic (exact) mass is 522 g/mol. The molecule has 1 fully saturated rings. The van der Waals surface area contributed by atoms with Crippen LogP contribution in [0, 0.1) is 0 Å². The Hall–Kier alpha value is -3.75.